The molecule has 3 aromatic rings. The Bertz CT molecular complexity index is 809. The average molecular weight is 336 g/mol. The minimum Gasteiger partial charge on any atom is -0.489 e. The number of benzene rings is 1. The van der Waals surface area contributed by atoms with Crippen LogP contribution in [-0.4, -0.2) is 26.3 Å². The lowest BCUT2D eigenvalue weighted by Gasteiger charge is -2.14. The van der Waals surface area contributed by atoms with Gasteiger partial charge in [-0.25, -0.2) is 0 Å². The predicted octanol–water partition coefficient (Wildman–Crippen LogP) is 3.41. The number of nitrogens with zero attached hydrogens (tertiary/aromatic N) is 4. The van der Waals surface area contributed by atoms with Gasteiger partial charge in [-0.3, -0.25) is 4.98 Å². The van der Waals surface area contributed by atoms with Crippen LogP contribution >= 0.6 is 0 Å². The maximum atomic E-state index is 5.79. The van der Waals surface area contributed by atoms with Crippen molar-refractivity contribution in [2.24, 2.45) is 0 Å². The molecule has 0 amide bonds. The fourth-order valence-electron chi connectivity index (χ4n) is 2.18. The smallest absolute Gasteiger partial charge is 0.249 e. The van der Waals surface area contributed by atoms with Crippen molar-refractivity contribution in [2.75, 3.05) is 10.6 Å². The topological polar surface area (TPSA) is 84.9 Å². The van der Waals surface area contributed by atoms with Gasteiger partial charge in [-0.15, -0.1) is 5.10 Å². The van der Waals surface area contributed by atoms with Crippen molar-refractivity contribution in [1.82, 2.24) is 20.2 Å². The molecule has 0 saturated carbocycles. The van der Waals surface area contributed by atoms with Gasteiger partial charge in [-0.1, -0.05) is 18.2 Å². The van der Waals surface area contributed by atoms with Crippen LogP contribution in [0.15, 0.2) is 55.0 Å². The van der Waals surface area contributed by atoms with Gasteiger partial charge < -0.3 is 15.4 Å². The maximum Gasteiger partial charge on any atom is 0.249 e. The van der Waals surface area contributed by atoms with Gasteiger partial charge >= 0.3 is 0 Å². The zero-order valence-electron chi connectivity index (χ0n) is 14.2. The van der Waals surface area contributed by atoms with Gasteiger partial charge in [0.05, 0.1) is 18.0 Å². The van der Waals surface area contributed by atoms with Crippen molar-refractivity contribution in [1.29, 1.82) is 0 Å². The first-order valence-electron chi connectivity index (χ1n) is 8.06. The highest BCUT2D eigenvalue weighted by molar-refractivity contribution is 5.62. The van der Waals surface area contributed by atoms with E-state index in [9.17, 15) is 0 Å². The lowest BCUT2D eigenvalue weighted by molar-refractivity contribution is 0.244. The number of hydrogen-bond donors (Lipinski definition) is 2. The normalized spacial score (nSPS) is 10.5. The summed E-state index contributed by atoms with van der Waals surface area (Å²) in [5.41, 5.74) is 1.86. The summed E-state index contributed by atoms with van der Waals surface area (Å²) in [5.74, 6) is 1.77. The first-order chi connectivity index (χ1) is 12.2. The van der Waals surface area contributed by atoms with Gasteiger partial charge in [-0.05, 0) is 37.6 Å². The second-order valence-corrected chi connectivity index (χ2v) is 5.67. The molecule has 2 heterocycles. The second kappa shape index (κ2) is 8.05. The number of hydrogen-bond acceptors (Lipinski definition) is 7. The molecule has 7 nitrogen and oxygen atoms in total. The average Bonchev–Trinajstić information content (AvgIpc) is 2.62. The number of pyridine rings is 1. The van der Waals surface area contributed by atoms with Gasteiger partial charge in [-0.2, -0.15) is 10.1 Å². The Hall–Kier alpha value is -3.22. The Morgan fingerprint density at radius 1 is 1.08 bits per heavy atom. The second-order valence-electron chi connectivity index (χ2n) is 5.67. The molecule has 0 aliphatic heterocycles. The van der Waals surface area contributed by atoms with Crippen LogP contribution < -0.4 is 15.4 Å². The Morgan fingerprint density at radius 2 is 1.96 bits per heavy atom. The van der Waals surface area contributed by atoms with Gasteiger partial charge in [0.25, 0.3) is 0 Å². The van der Waals surface area contributed by atoms with Crippen LogP contribution in [0.25, 0.3) is 0 Å². The molecule has 25 heavy (non-hydrogen) atoms. The molecular weight excluding hydrogens is 316 g/mol. The molecule has 1 aromatic carbocycles. The molecule has 3 rings (SSSR count). The van der Waals surface area contributed by atoms with Crippen LogP contribution in [0.4, 0.5) is 17.5 Å². The first kappa shape index (κ1) is 16.6. The zero-order chi connectivity index (χ0) is 17.5. The summed E-state index contributed by atoms with van der Waals surface area (Å²) in [4.78, 5) is 8.52. The third-order valence-electron chi connectivity index (χ3n) is 3.25. The maximum absolute atomic E-state index is 5.79. The van der Waals surface area contributed by atoms with Crippen LogP contribution in [0.2, 0.25) is 0 Å². The van der Waals surface area contributed by atoms with Gasteiger partial charge in [0.1, 0.15) is 5.75 Å². The predicted molar refractivity (Wildman–Crippen MR) is 96.9 cm³/mol. The standard InChI is InChI=1S/C18H20N6O/c1-13(2)25-16-8-4-3-7-15(16)22-18-23-17(12-21-24-18)20-11-14-6-5-9-19-10-14/h3-10,12-13H,11H2,1-2H3,(H2,20,22,23,24). The number of aromatic nitrogens is 4. The molecule has 0 saturated heterocycles. The molecule has 0 fully saturated rings. The van der Waals surface area contributed by atoms with E-state index in [0.717, 1.165) is 17.0 Å². The molecule has 0 aliphatic rings. The highest BCUT2D eigenvalue weighted by atomic mass is 16.5. The third kappa shape index (κ3) is 4.87. The van der Waals surface area contributed by atoms with E-state index >= 15 is 0 Å². The molecule has 0 spiro atoms. The van der Waals surface area contributed by atoms with Gasteiger partial charge in [0.15, 0.2) is 5.82 Å². The first-order valence-corrected chi connectivity index (χ1v) is 8.06. The number of ether oxygens (including phenoxy) is 1. The number of para-hydroxylation sites is 2. The summed E-state index contributed by atoms with van der Waals surface area (Å²) in [5, 5.41) is 14.4. The highest BCUT2D eigenvalue weighted by Crippen LogP contribution is 2.27. The molecule has 0 atom stereocenters. The molecule has 0 aliphatic carbocycles. The van der Waals surface area contributed by atoms with Crippen molar-refractivity contribution in [3.8, 4) is 5.75 Å². The van der Waals surface area contributed by atoms with Gasteiger partial charge in [0.2, 0.25) is 5.95 Å². The zero-order valence-corrected chi connectivity index (χ0v) is 14.2. The SMILES string of the molecule is CC(C)Oc1ccccc1Nc1nncc(NCc2cccnc2)n1. The van der Waals surface area contributed by atoms with Crippen molar-refractivity contribution in [3.63, 3.8) is 0 Å². The largest absolute Gasteiger partial charge is 0.489 e. The van der Waals surface area contributed by atoms with Crippen LogP contribution in [0.3, 0.4) is 0 Å². The number of nitrogens with one attached hydrogen (secondary N) is 2. The quantitative estimate of drug-likeness (QED) is 0.684. The Morgan fingerprint density at radius 3 is 2.76 bits per heavy atom. The summed E-state index contributed by atoms with van der Waals surface area (Å²) in [7, 11) is 0. The molecule has 2 N–H and O–H groups in total. The van der Waals surface area contributed by atoms with Crippen LogP contribution in [0, 0.1) is 0 Å². The lowest BCUT2D eigenvalue weighted by Crippen LogP contribution is -2.09. The summed E-state index contributed by atoms with van der Waals surface area (Å²) in [6, 6.07) is 11.6. The van der Waals surface area contributed by atoms with Gasteiger partial charge in [0, 0.05) is 18.9 Å². The van der Waals surface area contributed by atoms with Crippen molar-refractivity contribution >= 4 is 17.5 Å². The monoisotopic (exact) mass is 336 g/mol. The summed E-state index contributed by atoms with van der Waals surface area (Å²) >= 11 is 0. The molecule has 0 bridgehead atoms. The molecule has 128 valence electrons. The summed E-state index contributed by atoms with van der Waals surface area (Å²) in [6.45, 7) is 4.58. The molecule has 0 radical (unpaired) electrons. The van der Waals surface area contributed by atoms with Crippen molar-refractivity contribution in [2.45, 2.75) is 26.5 Å². The summed E-state index contributed by atoms with van der Waals surface area (Å²) in [6.07, 6.45) is 5.21. The highest BCUT2D eigenvalue weighted by Gasteiger charge is 2.07. The minimum absolute atomic E-state index is 0.0782. The summed E-state index contributed by atoms with van der Waals surface area (Å²) < 4.78 is 5.79. The molecule has 7 heteroatoms. The Balaban J connectivity index is 1.70. The fraction of sp³-hybridized carbons (Fsp3) is 0.222. The molecule has 0 unspecified atom stereocenters. The van der Waals surface area contributed by atoms with E-state index in [1.165, 1.54) is 0 Å². The van der Waals surface area contributed by atoms with E-state index in [0.29, 0.717) is 18.3 Å². The van der Waals surface area contributed by atoms with E-state index in [-0.39, 0.29) is 6.10 Å². The van der Waals surface area contributed by atoms with E-state index in [1.807, 2.05) is 50.2 Å². The van der Waals surface area contributed by atoms with Crippen LogP contribution in [-0.2, 0) is 6.54 Å². The van der Waals surface area contributed by atoms with Crippen LogP contribution in [0.1, 0.15) is 19.4 Å². The Labute approximate surface area is 146 Å². The van der Waals surface area contributed by atoms with E-state index in [1.54, 1.807) is 18.6 Å². The fourth-order valence-corrected chi connectivity index (χ4v) is 2.18. The van der Waals surface area contributed by atoms with Crippen LogP contribution in [0.5, 0.6) is 5.75 Å². The molecule has 2 aromatic heterocycles. The number of anilines is 3. The van der Waals surface area contributed by atoms with E-state index < -0.39 is 0 Å². The minimum atomic E-state index is 0.0782. The third-order valence-corrected chi connectivity index (χ3v) is 3.25. The number of rotatable bonds is 7. The van der Waals surface area contributed by atoms with Crippen molar-refractivity contribution < 1.29 is 4.74 Å². The Kier molecular flexibility index (Phi) is 5.36. The van der Waals surface area contributed by atoms with E-state index in [2.05, 4.69) is 30.8 Å². The molecular formula is C18H20N6O. The van der Waals surface area contributed by atoms with Crippen molar-refractivity contribution in [3.05, 3.63) is 60.6 Å². The van der Waals surface area contributed by atoms with E-state index in [4.69, 9.17) is 4.74 Å². The lowest BCUT2D eigenvalue weighted by atomic mass is 10.3.